The van der Waals surface area contributed by atoms with Crippen molar-refractivity contribution in [1.29, 1.82) is 0 Å². The second kappa shape index (κ2) is 5.97. The Bertz CT molecular complexity index is 60.2. The van der Waals surface area contributed by atoms with Crippen LogP contribution < -0.4 is 5.32 Å². The minimum atomic E-state index is -0.712. The lowest BCUT2D eigenvalue weighted by molar-refractivity contribution is 0.0933. The number of hydrogen-bond donors (Lipinski definition) is 4. The Morgan fingerprint density at radius 3 is 2.44 bits per heavy atom. The summed E-state index contributed by atoms with van der Waals surface area (Å²) in [5, 5.41) is 27.9. The van der Waals surface area contributed by atoms with Gasteiger partial charge in [0.05, 0.1) is 19.3 Å². The Kier molecular flexibility index (Phi) is 5.86. The highest BCUT2D eigenvalue weighted by atomic mass is 16.3. The molecular weight excluding hydrogens is 122 g/mol. The fourth-order valence-electron chi connectivity index (χ4n) is 0.412. The van der Waals surface area contributed by atoms with E-state index in [0.29, 0.717) is 13.1 Å². The van der Waals surface area contributed by atoms with Crippen LogP contribution in [0.5, 0.6) is 0 Å². The fourth-order valence-corrected chi connectivity index (χ4v) is 0.412. The molecule has 0 aliphatic heterocycles. The number of rotatable bonds is 5. The molecule has 0 saturated heterocycles. The van der Waals surface area contributed by atoms with Crippen LogP contribution in [0.4, 0.5) is 0 Å². The van der Waals surface area contributed by atoms with Crippen molar-refractivity contribution in [3.05, 3.63) is 0 Å². The second-order valence-corrected chi connectivity index (χ2v) is 1.76. The van der Waals surface area contributed by atoms with E-state index < -0.39 is 6.10 Å². The van der Waals surface area contributed by atoms with Crippen LogP contribution in [0.1, 0.15) is 0 Å². The van der Waals surface area contributed by atoms with Gasteiger partial charge in [-0.15, -0.1) is 0 Å². The molecule has 0 aromatic heterocycles. The molecule has 0 rings (SSSR count). The van der Waals surface area contributed by atoms with Crippen molar-refractivity contribution >= 4 is 0 Å². The van der Waals surface area contributed by atoms with Gasteiger partial charge in [-0.05, 0) is 0 Å². The van der Waals surface area contributed by atoms with Gasteiger partial charge in [-0.3, -0.25) is 0 Å². The topological polar surface area (TPSA) is 72.7 Å². The van der Waals surface area contributed by atoms with Crippen molar-refractivity contribution in [2.75, 3.05) is 26.3 Å². The molecule has 0 aromatic carbocycles. The van der Waals surface area contributed by atoms with Gasteiger partial charge in [-0.1, -0.05) is 0 Å². The molecule has 4 N–H and O–H groups in total. The molecule has 0 bridgehead atoms. The fraction of sp³-hybridized carbons (Fsp3) is 1.00. The number of aliphatic hydroxyl groups is 3. The van der Waals surface area contributed by atoms with Crippen LogP contribution in [0.3, 0.4) is 0 Å². The van der Waals surface area contributed by atoms with E-state index in [2.05, 4.69) is 5.32 Å². The van der Waals surface area contributed by atoms with Crippen LogP contribution in [0.2, 0.25) is 0 Å². The zero-order valence-corrected chi connectivity index (χ0v) is 5.25. The zero-order valence-electron chi connectivity index (χ0n) is 5.25. The zero-order chi connectivity index (χ0) is 7.11. The van der Waals surface area contributed by atoms with Gasteiger partial charge in [0.1, 0.15) is 0 Å². The standard InChI is InChI=1S/C5H13NO3/c7-2-1-6-3-5(9)4-8/h5-9H,1-4H2. The number of nitrogens with one attached hydrogen (secondary N) is 1. The summed E-state index contributed by atoms with van der Waals surface area (Å²) < 4.78 is 0. The maximum absolute atomic E-state index is 8.69. The van der Waals surface area contributed by atoms with Gasteiger partial charge in [0.15, 0.2) is 0 Å². The average molecular weight is 135 g/mol. The second-order valence-electron chi connectivity index (χ2n) is 1.76. The quantitative estimate of drug-likeness (QED) is 0.326. The molecule has 0 spiro atoms. The molecule has 0 aromatic rings. The largest absolute Gasteiger partial charge is 0.395 e. The molecule has 0 aliphatic carbocycles. The first-order valence-corrected chi connectivity index (χ1v) is 2.91. The molecule has 9 heavy (non-hydrogen) atoms. The first kappa shape index (κ1) is 8.84. The molecule has 4 nitrogen and oxygen atoms in total. The lowest BCUT2D eigenvalue weighted by Crippen LogP contribution is -2.31. The van der Waals surface area contributed by atoms with Gasteiger partial charge < -0.3 is 20.6 Å². The Morgan fingerprint density at radius 1 is 1.33 bits per heavy atom. The van der Waals surface area contributed by atoms with Gasteiger partial charge in [-0.2, -0.15) is 0 Å². The SMILES string of the molecule is OCCNCC(O)CO. The summed E-state index contributed by atoms with van der Waals surface area (Å²) in [6, 6.07) is 0. The van der Waals surface area contributed by atoms with Crippen molar-refractivity contribution in [1.82, 2.24) is 5.32 Å². The Labute approximate surface area is 54.1 Å². The molecular formula is C5H13NO3. The van der Waals surface area contributed by atoms with Crippen molar-refractivity contribution in [2.24, 2.45) is 0 Å². The molecule has 0 saturated carbocycles. The molecule has 0 radical (unpaired) electrons. The van der Waals surface area contributed by atoms with Gasteiger partial charge >= 0.3 is 0 Å². The van der Waals surface area contributed by atoms with E-state index in [9.17, 15) is 0 Å². The molecule has 1 unspecified atom stereocenters. The van der Waals surface area contributed by atoms with E-state index in [-0.39, 0.29) is 13.2 Å². The van der Waals surface area contributed by atoms with Crippen molar-refractivity contribution < 1.29 is 15.3 Å². The highest BCUT2D eigenvalue weighted by Gasteiger charge is 1.97. The third-order valence-corrected chi connectivity index (χ3v) is 0.879. The predicted octanol–water partition coefficient (Wildman–Crippen LogP) is -2.08. The Hall–Kier alpha value is -0.160. The summed E-state index contributed by atoms with van der Waals surface area (Å²) in [5.74, 6) is 0. The van der Waals surface area contributed by atoms with Crippen molar-refractivity contribution in [3.8, 4) is 0 Å². The van der Waals surface area contributed by atoms with Crippen LogP contribution in [0.25, 0.3) is 0 Å². The minimum absolute atomic E-state index is 0.0537. The number of aliphatic hydroxyl groups excluding tert-OH is 3. The summed E-state index contributed by atoms with van der Waals surface area (Å²) in [7, 11) is 0. The van der Waals surface area contributed by atoms with Gasteiger partial charge in [0, 0.05) is 13.1 Å². The normalized spacial score (nSPS) is 13.7. The summed E-state index contributed by atoms with van der Waals surface area (Å²) in [5.41, 5.74) is 0. The average Bonchev–Trinajstić information content (AvgIpc) is 1.89. The number of hydrogen-bond acceptors (Lipinski definition) is 4. The van der Waals surface area contributed by atoms with E-state index in [1.807, 2.05) is 0 Å². The smallest absolute Gasteiger partial charge is 0.0894 e. The van der Waals surface area contributed by atoms with Crippen LogP contribution in [-0.2, 0) is 0 Å². The molecule has 0 fully saturated rings. The highest BCUT2D eigenvalue weighted by Crippen LogP contribution is 1.74. The van der Waals surface area contributed by atoms with Crippen LogP contribution in [0, 0.1) is 0 Å². The van der Waals surface area contributed by atoms with E-state index in [4.69, 9.17) is 15.3 Å². The molecule has 0 aliphatic rings. The molecule has 0 heterocycles. The summed E-state index contributed by atoms with van der Waals surface area (Å²) in [6.45, 7) is 0.602. The van der Waals surface area contributed by atoms with E-state index >= 15 is 0 Å². The maximum Gasteiger partial charge on any atom is 0.0894 e. The first-order valence-electron chi connectivity index (χ1n) is 2.91. The predicted molar refractivity (Wildman–Crippen MR) is 33.0 cm³/mol. The van der Waals surface area contributed by atoms with E-state index in [0.717, 1.165) is 0 Å². The Balaban J connectivity index is 2.88. The molecule has 56 valence electrons. The van der Waals surface area contributed by atoms with Gasteiger partial charge in [-0.25, -0.2) is 0 Å². The molecule has 1 atom stereocenters. The molecule has 0 amide bonds. The van der Waals surface area contributed by atoms with Gasteiger partial charge in [0.25, 0.3) is 0 Å². The maximum atomic E-state index is 8.69. The van der Waals surface area contributed by atoms with E-state index in [1.54, 1.807) is 0 Å². The third-order valence-electron chi connectivity index (χ3n) is 0.879. The van der Waals surface area contributed by atoms with Crippen LogP contribution in [0.15, 0.2) is 0 Å². The lowest BCUT2D eigenvalue weighted by atomic mass is 10.4. The van der Waals surface area contributed by atoms with Crippen LogP contribution >= 0.6 is 0 Å². The lowest BCUT2D eigenvalue weighted by Gasteiger charge is -2.06. The highest BCUT2D eigenvalue weighted by molar-refractivity contribution is 4.55. The van der Waals surface area contributed by atoms with Crippen LogP contribution in [-0.4, -0.2) is 47.7 Å². The third kappa shape index (κ3) is 5.72. The first-order chi connectivity index (χ1) is 4.31. The summed E-state index contributed by atoms with van der Waals surface area (Å²) in [6.07, 6.45) is -0.712. The summed E-state index contributed by atoms with van der Waals surface area (Å²) >= 11 is 0. The Morgan fingerprint density at radius 2 is 2.00 bits per heavy atom. The van der Waals surface area contributed by atoms with E-state index in [1.165, 1.54) is 0 Å². The summed E-state index contributed by atoms with van der Waals surface area (Å²) in [4.78, 5) is 0. The van der Waals surface area contributed by atoms with Crippen molar-refractivity contribution in [3.63, 3.8) is 0 Å². The monoisotopic (exact) mass is 135 g/mol. The minimum Gasteiger partial charge on any atom is -0.395 e. The van der Waals surface area contributed by atoms with Gasteiger partial charge in [0.2, 0.25) is 0 Å². The van der Waals surface area contributed by atoms with Crippen molar-refractivity contribution in [2.45, 2.75) is 6.10 Å². The molecule has 4 heteroatoms.